The predicted molar refractivity (Wildman–Crippen MR) is 72.7 cm³/mol. The molecule has 0 saturated carbocycles. The smallest absolute Gasteiger partial charge is 0.272 e. The number of hydrogen-bond acceptors (Lipinski definition) is 4. The normalized spacial score (nSPS) is 12.0. The summed E-state index contributed by atoms with van der Waals surface area (Å²) in [6, 6.07) is 1.95. The fourth-order valence-electron chi connectivity index (χ4n) is 1.54. The Balaban J connectivity index is 2.84. The SMILES string of the molecule is CCC(C)Nc1nccc(C(=O)N(CC)CC)n1. The number of nitrogens with zero attached hydrogens (tertiary/aromatic N) is 3. The van der Waals surface area contributed by atoms with Crippen molar-refractivity contribution < 1.29 is 4.79 Å². The highest BCUT2D eigenvalue weighted by Crippen LogP contribution is 2.06. The zero-order valence-corrected chi connectivity index (χ0v) is 11.6. The minimum Gasteiger partial charge on any atom is -0.352 e. The van der Waals surface area contributed by atoms with E-state index in [1.807, 2.05) is 13.8 Å². The molecular weight excluding hydrogens is 228 g/mol. The molecule has 0 aliphatic heterocycles. The van der Waals surface area contributed by atoms with Gasteiger partial charge in [-0.1, -0.05) is 6.92 Å². The second kappa shape index (κ2) is 6.93. The molecule has 1 N–H and O–H groups in total. The van der Waals surface area contributed by atoms with Crippen molar-refractivity contribution in [3.8, 4) is 0 Å². The number of aromatic nitrogens is 2. The molecule has 0 bridgehead atoms. The fourth-order valence-corrected chi connectivity index (χ4v) is 1.54. The third-order valence-electron chi connectivity index (χ3n) is 2.91. The molecule has 0 fully saturated rings. The molecule has 1 amide bonds. The first-order chi connectivity index (χ1) is 8.62. The third kappa shape index (κ3) is 3.68. The van der Waals surface area contributed by atoms with Crippen LogP contribution in [-0.4, -0.2) is 39.9 Å². The van der Waals surface area contributed by atoms with Crippen molar-refractivity contribution in [3.05, 3.63) is 18.0 Å². The Morgan fingerprint density at radius 3 is 2.61 bits per heavy atom. The van der Waals surface area contributed by atoms with Crippen molar-refractivity contribution >= 4 is 11.9 Å². The van der Waals surface area contributed by atoms with Gasteiger partial charge in [-0.25, -0.2) is 9.97 Å². The number of nitrogens with one attached hydrogen (secondary N) is 1. The Morgan fingerprint density at radius 1 is 1.39 bits per heavy atom. The largest absolute Gasteiger partial charge is 0.352 e. The number of amides is 1. The maximum absolute atomic E-state index is 12.1. The summed E-state index contributed by atoms with van der Waals surface area (Å²) in [6.07, 6.45) is 2.60. The second-order valence-electron chi connectivity index (χ2n) is 4.20. The van der Waals surface area contributed by atoms with E-state index in [1.165, 1.54) is 0 Å². The average molecular weight is 250 g/mol. The first-order valence-electron chi connectivity index (χ1n) is 6.51. The van der Waals surface area contributed by atoms with Crippen LogP contribution < -0.4 is 5.32 Å². The monoisotopic (exact) mass is 250 g/mol. The van der Waals surface area contributed by atoms with Crippen LogP contribution in [0.4, 0.5) is 5.95 Å². The molecule has 1 atom stereocenters. The first-order valence-corrected chi connectivity index (χ1v) is 6.51. The van der Waals surface area contributed by atoms with Crippen LogP contribution in [-0.2, 0) is 0 Å². The van der Waals surface area contributed by atoms with Gasteiger partial charge in [0, 0.05) is 25.3 Å². The molecule has 0 saturated heterocycles. The van der Waals surface area contributed by atoms with Gasteiger partial charge < -0.3 is 10.2 Å². The van der Waals surface area contributed by atoms with Gasteiger partial charge in [0.15, 0.2) is 0 Å². The molecule has 1 heterocycles. The molecule has 5 heteroatoms. The van der Waals surface area contributed by atoms with E-state index in [-0.39, 0.29) is 5.91 Å². The Bertz CT molecular complexity index is 390. The highest BCUT2D eigenvalue weighted by molar-refractivity contribution is 5.92. The maximum atomic E-state index is 12.1. The van der Waals surface area contributed by atoms with Crippen LogP contribution in [0, 0.1) is 0 Å². The standard InChI is InChI=1S/C13H22N4O/c1-5-10(4)15-13-14-9-8-11(16-13)12(18)17(6-2)7-3/h8-10H,5-7H2,1-4H3,(H,14,15,16). The molecule has 0 aliphatic rings. The molecule has 0 radical (unpaired) electrons. The van der Waals surface area contributed by atoms with E-state index in [2.05, 4.69) is 29.1 Å². The van der Waals surface area contributed by atoms with Crippen LogP contribution in [0.15, 0.2) is 12.3 Å². The fraction of sp³-hybridized carbons (Fsp3) is 0.615. The Kier molecular flexibility index (Phi) is 5.55. The lowest BCUT2D eigenvalue weighted by atomic mass is 10.3. The minimum atomic E-state index is -0.0467. The second-order valence-corrected chi connectivity index (χ2v) is 4.20. The van der Waals surface area contributed by atoms with Crippen molar-refractivity contribution in [1.82, 2.24) is 14.9 Å². The zero-order valence-electron chi connectivity index (χ0n) is 11.6. The maximum Gasteiger partial charge on any atom is 0.272 e. The summed E-state index contributed by atoms with van der Waals surface area (Å²) in [5.74, 6) is 0.469. The van der Waals surface area contributed by atoms with Gasteiger partial charge >= 0.3 is 0 Å². The lowest BCUT2D eigenvalue weighted by molar-refractivity contribution is 0.0767. The lowest BCUT2D eigenvalue weighted by Gasteiger charge is -2.18. The average Bonchev–Trinajstić information content (AvgIpc) is 2.40. The summed E-state index contributed by atoms with van der Waals surface area (Å²) in [6.45, 7) is 9.44. The number of rotatable bonds is 6. The third-order valence-corrected chi connectivity index (χ3v) is 2.91. The molecule has 18 heavy (non-hydrogen) atoms. The molecule has 1 unspecified atom stereocenters. The van der Waals surface area contributed by atoms with Crippen LogP contribution in [0.5, 0.6) is 0 Å². The topological polar surface area (TPSA) is 58.1 Å². The molecular formula is C13H22N4O. The molecule has 0 aromatic carbocycles. The minimum absolute atomic E-state index is 0.0467. The van der Waals surface area contributed by atoms with Crippen LogP contribution in [0.2, 0.25) is 0 Å². The van der Waals surface area contributed by atoms with Gasteiger partial charge in [0.05, 0.1) is 0 Å². The van der Waals surface area contributed by atoms with E-state index in [0.717, 1.165) is 6.42 Å². The summed E-state index contributed by atoms with van der Waals surface area (Å²) in [7, 11) is 0. The Labute approximate surface area is 109 Å². The summed E-state index contributed by atoms with van der Waals surface area (Å²) in [4.78, 5) is 22.3. The molecule has 1 aromatic rings. The van der Waals surface area contributed by atoms with Gasteiger partial charge in [-0.05, 0) is 33.3 Å². The number of anilines is 1. The quantitative estimate of drug-likeness (QED) is 0.840. The van der Waals surface area contributed by atoms with Gasteiger partial charge in [0.2, 0.25) is 5.95 Å². The van der Waals surface area contributed by atoms with Gasteiger partial charge in [0.25, 0.3) is 5.91 Å². The van der Waals surface area contributed by atoms with Crippen molar-refractivity contribution in [2.45, 2.75) is 40.2 Å². The predicted octanol–water partition coefficient (Wildman–Crippen LogP) is 2.17. The van der Waals surface area contributed by atoms with E-state index >= 15 is 0 Å². The van der Waals surface area contributed by atoms with E-state index in [0.29, 0.717) is 30.8 Å². The Morgan fingerprint density at radius 2 is 2.06 bits per heavy atom. The van der Waals surface area contributed by atoms with Gasteiger partial charge in [-0.15, -0.1) is 0 Å². The van der Waals surface area contributed by atoms with Gasteiger partial charge in [0.1, 0.15) is 5.69 Å². The van der Waals surface area contributed by atoms with E-state index in [9.17, 15) is 4.79 Å². The van der Waals surface area contributed by atoms with Gasteiger partial charge in [-0.3, -0.25) is 4.79 Å². The summed E-state index contributed by atoms with van der Waals surface area (Å²) < 4.78 is 0. The highest BCUT2D eigenvalue weighted by Gasteiger charge is 2.14. The van der Waals surface area contributed by atoms with Crippen molar-refractivity contribution in [1.29, 1.82) is 0 Å². The van der Waals surface area contributed by atoms with E-state index in [1.54, 1.807) is 17.2 Å². The van der Waals surface area contributed by atoms with Crippen LogP contribution in [0.25, 0.3) is 0 Å². The molecule has 5 nitrogen and oxygen atoms in total. The molecule has 1 aromatic heterocycles. The van der Waals surface area contributed by atoms with Crippen molar-refractivity contribution in [2.24, 2.45) is 0 Å². The highest BCUT2D eigenvalue weighted by atomic mass is 16.2. The van der Waals surface area contributed by atoms with Crippen molar-refractivity contribution in [2.75, 3.05) is 18.4 Å². The van der Waals surface area contributed by atoms with E-state index < -0.39 is 0 Å². The zero-order chi connectivity index (χ0) is 13.5. The number of carbonyl (C=O) groups excluding carboxylic acids is 1. The number of carbonyl (C=O) groups is 1. The Hall–Kier alpha value is -1.65. The lowest BCUT2D eigenvalue weighted by Crippen LogP contribution is -2.31. The molecule has 1 rings (SSSR count). The summed E-state index contributed by atoms with van der Waals surface area (Å²) >= 11 is 0. The van der Waals surface area contributed by atoms with Crippen LogP contribution in [0.1, 0.15) is 44.6 Å². The van der Waals surface area contributed by atoms with Crippen LogP contribution >= 0.6 is 0 Å². The number of hydrogen-bond donors (Lipinski definition) is 1. The molecule has 0 spiro atoms. The summed E-state index contributed by atoms with van der Waals surface area (Å²) in [5.41, 5.74) is 0.444. The summed E-state index contributed by atoms with van der Waals surface area (Å²) in [5, 5.41) is 3.17. The first kappa shape index (κ1) is 14.4. The van der Waals surface area contributed by atoms with Gasteiger partial charge in [-0.2, -0.15) is 0 Å². The molecule has 0 aliphatic carbocycles. The molecule has 100 valence electrons. The van der Waals surface area contributed by atoms with Crippen LogP contribution in [0.3, 0.4) is 0 Å². The van der Waals surface area contributed by atoms with Crippen molar-refractivity contribution in [3.63, 3.8) is 0 Å². The van der Waals surface area contributed by atoms with E-state index in [4.69, 9.17) is 0 Å².